The summed E-state index contributed by atoms with van der Waals surface area (Å²) >= 11 is 0. The summed E-state index contributed by atoms with van der Waals surface area (Å²) in [6.07, 6.45) is 1.81. The molecule has 22 heavy (non-hydrogen) atoms. The van der Waals surface area contributed by atoms with Gasteiger partial charge in [0.1, 0.15) is 5.75 Å². The van der Waals surface area contributed by atoms with Crippen molar-refractivity contribution in [3.63, 3.8) is 0 Å². The van der Waals surface area contributed by atoms with Gasteiger partial charge < -0.3 is 4.74 Å². The van der Waals surface area contributed by atoms with E-state index in [4.69, 9.17) is 4.74 Å². The predicted molar refractivity (Wildman–Crippen MR) is 90.5 cm³/mol. The lowest BCUT2D eigenvalue weighted by Crippen LogP contribution is -1.91. The average molecular weight is 285 g/mol. The molecule has 0 bridgehead atoms. The van der Waals surface area contributed by atoms with Crippen LogP contribution in [-0.4, -0.2) is 4.98 Å². The molecule has 0 aliphatic heterocycles. The molecule has 0 saturated carbocycles. The van der Waals surface area contributed by atoms with E-state index in [-0.39, 0.29) is 0 Å². The van der Waals surface area contributed by atoms with Gasteiger partial charge in [-0.25, -0.2) is 4.98 Å². The number of hydrogen-bond donors (Lipinski definition) is 0. The number of hydrogen-bond acceptors (Lipinski definition) is 2. The highest BCUT2D eigenvalue weighted by Gasteiger charge is 2.09. The molecule has 4 aromatic rings. The third-order valence-electron chi connectivity index (χ3n) is 3.91. The third-order valence-corrected chi connectivity index (χ3v) is 3.91. The Kier molecular flexibility index (Phi) is 3.01. The first-order chi connectivity index (χ1) is 10.8. The molecule has 0 aliphatic rings. The Hall–Kier alpha value is -2.87. The first-order valence-electron chi connectivity index (χ1n) is 7.33. The maximum atomic E-state index is 5.98. The first-order valence-corrected chi connectivity index (χ1v) is 7.33. The van der Waals surface area contributed by atoms with Crippen LogP contribution in [0.2, 0.25) is 0 Å². The Bertz CT molecular complexity index is 961. The van der Waals surface area contributed by atoms with Gasteiger partial charge in [0, 0.05) is 11.6 Å². The average Bonchev–Trinajstić information content (AvgIpc) is 2.57. The highest BCUT2D eigenvalue weighted by molar-refractivity contribution is 6.10. The minimum Gasteiger partial charge on any atom is -0.438 e. The lowest BCUT2D eigenvalue weighted by Gasteiger charge is -2.11. The SMILES string of the molecule is Cc1cc2c(Oc3ccccc3)nccc2c2ccccc12. The van der Waals surface area contributed by atoms with Crippen molar-refractivity contribution in [1.29, 1.82) is 0 Å². The van der Waals surface area contributed by atoms with Gasteiger partial charge >= 0.3 is 0 Å². The Morgan fingerprint density at radius 2 is 1.41 bits per heavy atom. The molecular formula is C20H15NO. The van der Waals surface area contributed by atoms with Crippen molar-refractivity contribution in [2.75, 3.05) is 0 Å². The molecular weight excluding hydrogens is 270 g/mol. The van der Waals surface area contributed by atoms with Crippen LogP contribution in [0.25, 0.3) is 21.5 Å². The number of benzene rings is 3. The minimum absolute atomic E-state index is 0.651. The monoisotopic (exact) mass is 285 g/mol. The second-order valence-electron chi connectivity index (χ2n) is 5.37. The zero-order valence-corrected chi connectivity index (χ0v) is 12.3. The van der Waals surface area contributed by atoms with Gasteiger partial charge in [-0.15, -0.1) is 0 Å². The van der Waals surface area contributed by atoms with E-state index in [0.717, 1.165) is 11.1 Å². The van der Waals surface area contributed by atoms with E-state index in [1.54, 1.807) is 0 Å². The summed E-state index contributed by atoms with van der Waals surface area (Å²) < 4.78 is 5.98. The number of rotatable bonds is 2. The molecule has 0 atom stereocenters. The van der Waals surface area contributed by atoms with Crippen LogP contribution in [0.15, 0.2) is 72.9 Å². The van der Waals surface area contributed by atoms with E-state index in [1.165, 1.54) is 21.7 Å². The quantitative estimate of drug-likeness (QED) is 0.454. The van der Waals surface area contributed by atoms with Crippen LogP contribution in [0, 0.1) is 6.92 Å². The number of ether oxygens (including phenoxy) is 1. The van der Waals surface area contributed by atoms with Crippen molar-refractivity contribution in [2.45, 2.75) is 6.92 Å². The summed E-state index contributed by atoms with van der Waals surface area (Å²) in [4.78, 5) is 4.43. The van der Waals surface area contributed by atoms with Gasteiger partial charge in [0.2, 0.25) is 5.88 Å². The standard InChI is InChI=1S/C20H15NO/c1-14-13-19-18(17-10-6-5-9-16(14)17)11-12-21-20(19)22-15-7-3-2-4-8-15/h2-13H,1H3. The molecule has 0 radical (unpaired) electrons. The summed E-state index contributed by atoms with van der Waals surface area (Å²) in [7, 11) is 0. The van der Waals surface area contributed by atoms with Gasteiger partial charge in [0.05, 0.1) is 0 Å². The van der Waals surface area contributed by atoms with E-state index in [1.807, 2.05) is 36.5 Å². The van der Waals surface area contributed by atoms with Gasteiger partial charge in [-0.3, -0.25) is 0 Å². The van der Waals surface area contributed by atoms with Crippen molar-refractivity contribution >= 4 is 21.5 Å². The molecule has 2 heteroatoms. The normalized spacial score (nSPS) is 11.0. The molecule has 0 unspecified atom stereocenters. The smallest absolute Gasteiger partial charge is 0.227 e. The van der Waals surface area contributed by atoms with E-state index >= 15 is 0 Å². The Morgan fingerprint density at radius 3 is 2.23 bits per heavy atom. The van der Waals surface area contributed by atoms with Crippen molar-refractivity contribution in [3.05, 3.63) is 78.5 Å². The maximum Gasteiger partial charge on any atom is 0.227 e. The summed E-state index contributed by atoms with van der Waals surface area (Å²) in [6, 6.07) is 22.4. The second kappa shape index (κ2) is 5.15. The fourth-order valence-corrected chi connectivity index (χ4v) is 2.87. The van der Waals surface area contributed by atoms with Crippen LogP contribution in [-0.2, 0) is 0 Å². The molecule has 0 spiro atoms. The number of fused-ring (bicyclic) bond motifs is 3. The molecule has 2 nitrogen and oxygen atoms in total. The van der Waals surface area contributed by atoms with E-state index in [2.05, 4.69) is 48.3 Å². The number of para-hydroxylation sites is 1. The lowest BCUT2D eigenvalue weighted by molar-refractivity contribution is 0.469. The Morgan fingerprint density at radius 1 is 0.727 bits per heavy atom. The van der Waals surface area contributed by atoms with Crippen LogP contribution < -0.4 is 4.74 Å². The Labute approximate surface area is 129 Å². The van der Waals surface area contributed by atoms with Crippen LogP contribution in [0.5, 0.6) is 11.6 Å². The van der Waals surface area contributed by atoms with Gasteiger partial charge in [-0.1, -0.05) is 42.5 Å². The molecule has 0 N–H and O–H groups in total. The van der Waals surface area contributed by atoms with Gasteiger partial charge in [-0.2, -0.15) is 0 Å². The fraction of sp³-hybridized carbons (Fsp3) is 0.0500. The molecule has 4 rings (SSSR count). The van der Waals surface area contributed by atoms with Crippen molar-refractivity contribution in [3.8, 4) is 11.6 Å². The maximum absolute atomic E-state index is 5.98. The van der Waals surface area contributed by atoms with E-state index in [9.17, 15) is 0 Å². The number of pyridine rings is 1. The molecule has 0 saturated heterocycles. The van der Waals surface area contributed by atoms with Crippen molar-refractivity contribution < 1.29 is 4.74 Å². The molecule has 0 amide bonds. The zero-order valence-electron chi connectivity index (χ0n) is 12.3. The third kappa shape index (κ3) is 2.09. The lowest BCUT2D eigenvalue weighted by atomic mass is 9.99. The molecule has 0 aliphatic carbocycles. The largest absolute Gasteiger partial charge is 0.438 e. The predicted octanol–water partition coefficient (Wildman–Crippen LogP) is 5.49. The van der Waals surface area contributed by atoms with E-state index in [0.29, 0.717) is 5.88 Å². The number of aromatic nitrogens is 1. The molecule has 1 heterocycles. The van der Waals surface area contributed by atoms with Gasteiger partial charge in [-0.05, 0) is 52.9 Å². The minimum atomic E-state index is 0.651. The fourth-order valence-electron chi connectivity index (χ4n) is 2.87. The zero-order chi connectivity index (χ0) is 14.9. The topological polar surface area (TPSA) is 22.1 Å². The summed E-state index contributed by atoms with van der Waals surface area (Å²) in [6.45, 7) is 2.13. The van der Waals surface area contributed by atoms with Crippen LogP contribution >= 0.6 is 0 Å². The van der Waals surface area contributed by atoms with E-state index < -0.39 is 0 Å². The number of aryl methyl sites for hydroxylation is 1. The van der Waals surface area contributed by atoms with Crippen LogP contribution in [0.4, 0.5) is 0 Å². The van der Waals surface area contributed by atoms with Crippen LogP contribution in [0.1, 0.15) is 5.56 Å². The van der Waals surface area contributed by atoms with Gasteiger partial charge in [0.25, 0.3) is 0 Å². The van der Waals surface area contributed by atoms with Crippen LogP contribution in [0.3, 0.4) is 0 Å². The second-order valence-corrected chi connectivity index (χ2v) is 5.37. The highest BCUT2D eigenvalue weighted by Crippen LogP contribution is 2.34. The van der Waals surface area contributed by atoms with Crippen molar-refractivity contribution in [1.82, 2.24) is 4.98 Å². The molecule has 106 valence electrons. The summed E-state index contributed by atoms with van der Waals surface area (Å²) in [5.41, 5.74) is 1.23. The molecule has 3 aromatic carbocycles. The summed E-state index contributed by atoms with van der Waals surface area (Å²) in [5, 5.41) is 4.72. The molecule has 1 aromatic heterocycles. The summed E-state index contributed by atoms with van der Waals surface area (Å²) in [5.74, 6) is 1.45. The molecule has 0 fully saturated rings. The first kappa shape index (κ1) is 12.8. The highest BCUT2D eigenvalue weighted by atomic mass is 16.5. The number of nitrogens with zero attached hydrogens (tertiary/aromatic N) is 1. The van der Waals surface area contributed by atoms with Gasteiger partial charge in [0.15, 0.2) is 0 Å². The van der Waals surface area contributed by atoms with Crippen molar-refractivity contribution in [2.24, 2.45) is 0 Å². The Balaban J connectivity index is 1.97.